The molecule has 0 amide bonds. The second kappa shape index (κ2) is 6.03. The van der Waals surface area contributed by atoms with Gasteiger partial charge in [0, 0.05) is 12.6 Å². The molecule has 94 valence electrons. The zero-order chi connectivity index (χ0) is 12.8. The molecule has 0 aliphatic heterocycles. The van der Waals surface area contributed by atoms with Crippen molar-refractivity contribution in [1.82, 2.24) is 9.97 Å². The lowest BCUT2D eigenvalue weighted by molar-refractivity contribution is -0.141. The summed E-state index contributed by atoms with van der Waals surface area (Å²) < 4.78 is 4.65. The van der Waals surface area contributed by atoms with Crippen molar-refractivity contribution < 1.29 is 9.53 Å². The third-order valence-electron chi connectivity index (χ3n) is 2.44. The van der Waals surface area contributed by atoms with Gasteiger partial charge in [-0.05, 0) is 13.3 Å². The number of esters is 1. The predicted octanol–water partition coefficient (Wildman–Crippen LogP) is 1.05. The Bertz CT molecular complexity index is 395. The highest BCUT2D eigenvalue weighted by molar-refractivity contribution is 5.78. The van der Waals surface area contributed by atoms with Crippen LogP contribution in [0.2, 0.25) is 0 Å². The van der Waals surface area contributed by atoms with E-state index in [-0.39, 0.29) is 5.97 Å². The number of hydrogen-bond acceptors (Lipinski definition) is 6. The van der Waals surface area contributed by atoms with Crippen molar-refractivity contribution in [2.24, 2.45) is 0 Å². The average molecular weight is 238 g/mol. The summed E-state index contributed by atoms with van der Waals surface area (Å²) in [4.78, 5) is 19.6. The van der Waals surface area contributed by atoms with Gasteiger partial charge in [0.15, 0.2) is 0 Å². The van der Waals surface area contributed by atoms with E-state index in [1.54, 1.807) is 14.0 Å². The summed E-state index contributed by atoms with van der Waals surface area (Å²) in [5, 5.41) is 6.02. The maximum Gasteiger partial charge on any atom is 0.328 e. The van der Waals surface area contributed by atoms with Crippen molar-refractivity contribution in [3.8, 4) is 0 Å². The molecule has 0 saturated heterocycles. The SMILES string of the molecule is CCc1c(NC)ncnc1NC(C)C(=O)OC. The Kier molecular flexibility index (Phi) is 4.68. The van der Waals surface area contributed by atoms with Gasteiger partial charge in [-0.15, -0.1) is 0 Å². The van der Waals surface area contributed by atoms with Crippen molar-refractivity contribution >= 4 is 17.6 Å². The van der Waals surface area contributed by atoms with Gasteiger partial charge in [0.25, 0.3) is 0 Å². The van der Waals surface area contributed by atoms with Crippen molar-refractivity contribution in [3.05, 3.63) is 11.9 Å². The largest absolute Gasteiger partial charge is 0.467 e. The molecule has 1 rings (SSSR count). The van der Waals surface area contributed by atoms with Gasteiger partial charge in [0.2, 0.25) is 0 Å². The van der Waals surface area contributed by atoms with Gasteiger partial charge in [-0.25, -0.2) is 14.8 Å². The number of hydrogen-bond donors (Lipinski definition) is 2. The van der Waals surface area contributed by atoms with E-state index in [2.05, 4.69) is 25.3 Å². The highest BCUT2D eigenvalue weighted by Gasteiger charge is 2.16. The summed E-state index contributed by atoms with van der Waals surface area (Å²) in [6, 6.07) is -0.440. The monoisotopic (exact) mass is 238 g/mol. The Morgan fingerprint density at radius 1 is 1.47 bits per heavy atom. The van der Waals surface area contributed by atoms with Gasteiger partial charge in [-0.1, -0.05) is 6.92 Å². The summed E-state index contributed by atoms with van der Waals surface area (Å²) in [6.07, 6.45) is 2.23. The molecule has 2 N–H and O–H groups in total. The molecule has 1 heterocycles. The molecule has 6 nitrogen and oxygen atoms in total. The normalized spacial score (nSPS) is 11.8. The maximum absolute atomic E-state index is 11.3. The molecule has 1 atom stereocenters. The molecular weight excluding hydrogens is 220 g/mol. The van der Waals surface area contributed by atoms with Crippen molar-refractivity contribution in [2.75, 3.05) is 24.8 Å². The molecule has 1 unspecified atom stereocenters. The minimum atomic E-state index is -0.440. The van der Waals surface area contributed by atoms with Crippen LogP contribution in [0.15, 0.2) is 6.33 Å². The quantitative estimate of drug-likeness (QED) is 0.747. The van der Waals surface area contributed by atoms with Crippen molar-refractivity contribution in [2.45, 2.75) is 26.3 Å². The van der Waals surface area contributed by atoms with Crippen LogP contribution in [0.5, 0.6) is 0 Å². The van der Waals surface area contributed by atoms with E-state index in [9.17, 15) is 4.79 Å². The molecule has 1 aromatic heterocycles. The van der Waals surface area contributed by atoms with Crippen LogP contribution in [0.1, 0.15) is 19.4 Å². The minimum Gasteiger partial charge on any atom is -0.467 e. The summed E-state index contributed by atoms with van der Waals surface area (Å²) in [6.45, 7) is 3.74. The second-order valence-electron chi connectivity index (χ2n) is 3.54. The van der Waals surface area contributed by atoms with Crippen LogP contribution in [0, 0.1) is 0 Å². The molecule has 0 aliphatic rings. The second-order valence-corrected chi connectivity index (χ2v) is 3.54. The Labute approximate surface area is 101 Å². The summed E-state index contributed by atoms with van der Waals surface area (Å²) in [5.74, 6) is 1.10. The van der Waals surface area contributed by atoms with Gasteiger partial charge in [-0.2, -0.15) is 0 Å². The predicted molar refractivity (Wildman–Crippen MR) is 66.1 cm³/mol. The molecule has 0 spiro atoms. The van der Waals surface area contributed by atoms with Crippen LogP contribution in [-0.4, -0.2) is 36.1 Å². The molecule has 0 saturated carbocycles. The molecule has 0 radical (unpaired) electrons. The zero-order valence-electron chi connectivity index (χ0n) is 10.6. The lowest BCUT2D eigenvalue weighted by Crippen LogP contribution is -2.28. The molecule has 0 aromatic carbocycles. The first-order valence-corrected chi connectivity index (χ1v) is 5.50. The topological polar surface area (TPSA) is 76.1 Å². The number of aromatic nitrogens is 2. The lowest BCUT2D eigenvalue weighted by Gasteiger charge is -2.16. The van der Waals surface area contributed by atoms with Crippen molar-refractivity contribution in [3.63, 3.8) is 0 Å². The molecule has 6 heteroatoms. The van der Waals surface area contributed by atoms with Crippen LogP contribution in [0.4, 0.5) is 11.6 Å². The van der Waals surface area contributed by atoms with E-state index in [0.717, 1.165) is 17.8 Å². The Balaban J connectivity index is 2.94. The van der Waals surface area contributed by atoms with Crippen LogP contribution >= 0.6 is 0 Å². The standard InChI is InChI=1S/C11H18N4O2/c1-5-8-9(12-3)13-6-14-10(8)15-7(2)11(16)17-4/h6-7H,5H2,1-4H3,(H2,12,13,14,15). The smallest absolute Gasteiger partial charge is 0.328 e. The first kappa shape index (κ1) is 13.2. The van der Waals surface area contributed by atoms with E-state index in [1.165, 1.54) is 13.4 Å². The summed E-state index contributed by atoms with van der Waals surface area (Å²) in [5.41, 5.74) is 0.950. The molecule has 0 aliphatic carbocycles. The fourth-order valence-electron chi connectivity index (χ4n) is 1.53. The van der Waals surface area contributed by atoms with Gasteiger partial charge < -0.3 is 15.4 Å². The molecule has 0 fully saturated rings. The number of nitrogens with one attached hydrogen (secondary N) is 2. The highest BCUT2D eigenvalue weighted by Crippen LogP contribution is 2.20. The number of ether oxygens (including phenoxy) is 1. The first-order chi connectivity index (χ1) is 8.13. The summed E-state index contributed by atoms with van der Waals surface area (Å²) >= 11 is 0. The number of carbonyl (C=O) groups excluding carboxylic acids is 1. The van der Waals surface area contributed by atoms with Gasteiger partial charge >= 0.3 is 5.97 Å². The van der Waals surface area contributed by atoms with Gasteiger partial charge in [-0.3, -0.25) is 0 Å². The fourth-order valence-corrected chi connectivity index (χ4v) is 1.53. The maximum atomic E-state index is 11.3. The Morgan fingerprint density at radius 3 is 2.65 bits per heavy atom. The molecule has 0 bridgehead atoms. The fraction of sp³-hybridized carbons (Fsp3) is 0.545. The third kappa shape index (κ3) is 3.05. The van der Waals surface area contributed by atoms with Gasteiger partial charge in [0.05, 0.1) is 7.11 Å². The van der Waals surface area contributed by atoms with E-state index in [0.29, 0.717) is 5.82 Å². The number of carbonyl (C=O) groups is 1. The van der Waals surface area contributed by atoms with E-state index in [1.807, 2.05) is 6.92 Å². The molecule has 1 aromatic rings. The van der Waals surface area contributed by atoms with E-state index in [4.69, 9.17) is 0 Å². The number of methoxy groups -OCH3 is 1. The third-order valence-corrected chi connectivity index (χ3v) is 2.44. The molecule has 17 heavy (non-hydrogen) atoms. The van der Waals surface area contributed by atoms with E-state index >= 15 is 0 Å². The van der Waals surface area contributed by atoms with Crippen molar-refractivity contribution in [1.29, 1.82) is 0 Å². The average Bonchev–Trinajstić information content (AvgIpc) is 2.37. The summed E-state index contributed by atoms with van der Waals surface area (Å²) in [7, 11) is 3.16. The Hall–Kier alpha value is -1.85. The first-order valence-electron chi connectivity index (χ1n) is 5.50. The van der Waals surface area contributed by atoms with Crippen LogP contribution in [0.3, 0.4) is 0 Å². The van der Waals surface area contributed by atoms with Crippen LogP contribution in [0.25, 0.3) is 0 Å². The van der Waals surface area contributed by atoms with Crippen LogP contribution in [-0.2, 0) is 16.0 Å². The molecular formula is C11H18N4O2. The number of nitrogens with zero attached hydrogens (tertiary/aromatic N) is 2. The Morgan fingerprint density at radius 2 is 2.12 bits per heavy atom. The highest BCUT2D eigenvalue weighted by atomic mass is 16.5. The number of rotatable bonds is 5. The van der Waals surface area contributed by atoms with E-state index < -0.39 is 6.04 Å². The lowest BCUT2D eigenvalue weighted by atomic mass is 10.2. The minimum absolute atomic E-state index is 0.323. The number of anilines is 2. The van der Waals surface area contributed by atoms with Gasteiger partial charge in [0.1, 0.15) is 24.0 Å². The van der Waals surface area contributed by atoms with Crippen LogP contribution < -0.4 is 10.6 Å². The zero-order valence-corrected chi connectivity index (χ0v) is 10.6.